The maximum atomic E-state index is 13.4. The second-order valence-corrected chi connectivity index (χ2v) is 9.00. The Bertz CT molecular complexity index is 974. The Hall–Kier alpha value is -2.95. The molecule has 2 saturated carbocycles. The van der Waals surface area contributed by atoms with Crippen LogP contribution in [0.2, 0.25) is 0 Å². The van der Waals surface area contributed by atoms with Crippen LogP contribution in [0.4, 0.5) is 5.69 Å². The molecule has 2 aromatic rings. The third-order valence-corrected chi connectivity index (χ3v) is 7.13. The molecule has 1 aliphatic heterocycles. The molecule has 5 rings (SSSR count). The first-order chi connectivity index (χ1) is 14.5. The summed E-state index contributed by atoms with van der Waals surface area (Å²) in [4.78, 5) is 41.4. The molecule has 0 spiro atoms. The smallest absolute Gasteiger partial charge is 0.248 e. The fourth-order valence-corrected chi connectivity index (χ4v) is 5.83. The highest BCUT2D eigenvalue weighted by atomic mass is 16.2. The van der Waals surface area contributed by atoms with E-state index >= 15 is 0 Å². The molecule has 1 heterocycles. The van der Waals surface area contributed by atoms with Crippen LogP contribution in [0.1, 0.15) is 30.4 Å². The number of nitrogens with one attached hydrogen (secondary N) is 1. The standard InChI is InChI=1S/C25H26N2O3/c1-15-6-5-9-19(12-15)26-23(28)20(13-16-7-3-2-4-8-16)27-24(29)21-17-10-11-18(14-17)22(21)25(27)30/h2-9,12,17-18,20-22H,10-11,13-14H2,1H3,(H,26,28). The van der Waals surface area contributed by atoms with E-state index in [4.69, 9.17) is 0 Å². The van der Waals surface area contributed by atoms with E-state index in [1.165, 1.54) is 4.90 Å². The quantitative estimate of drug-likeness (QED) is 0.778. The Balaban J connectivity index is 1.46. The number of fused-ring (bicyclic) bond motifs is 5. The van der Waals surface area contributed by atoms with Gasteiger partial charge >= 0.3 is 0 Å². The summed E-state index contributed by atoms with van der Waals surface area (Å²) in [5, 5.41) is 2.94. The van der Waals surface area contributed by atoms with Gasteiger partial charge in [0, 0.05) is 12.1 Å². The predicted octanol–water partition coefficient (Wildman–Crippen LogP) is 3.58. The number of benzene rings is 2. The first-order valence-corrected chi connectivity index (χ1v) is 10.8. The summed E-state index contributed by atoms with van der Waals surface area (Å²) >= 11 is 0. The van der Waals surface area contributed by atoms with Gasteiger partial charge in [-0.3, -0.25) is 19.3 Å². The lowest BCUT2D eigenvalue weighted by molar-refractivity contribution is -0.147. The SMILES string of the molecule is Cc1cccc(NC(=O)C(Cc2ccccc2)N2C(=O)C3C4CCC(C4)C3C2=O)c1. The zero-order valence-corrected chi connectivity index (χ0v) is 17.1. The number of rotatable bonds is 5. The summed E-state index contributed by atoms with van der Waals surface area (Å²) in [6.45, 7) is 1.96. The van der Waals surface area contributed by atoms with Crippen molar-refractivity contribution in [3.8, 4) is 0 Å². The zero-order valence-electron chi connectivity index (χ0n) is 17.1. The van der Waals surface area contributed by atoms with Gasteiger partial charge in [-0.1, -0.05) is 42.5 Å². The second-order valence-electron chi connectivity index (χ2n) is 9.00. The van der Waals surface area contributed by atoms with Crippen molar-refractivity contribution in [3.63, 3.8) is 0 Å². The van der Waals surface area contributed by atoms with Crippen LogP contribution in [0.15, 0.2) is 54.6 Å². The van der Waals surface area contributed by atoms with Gasteiger partial charge in [-0.15, -0.1) is 0 Å². The van der Waals surface area contributed by atoms with E-state index < -0.39 is 6.04 Å². The van der Waals surface area contributed by atoms with Crippen molar-refractivity contribution in [2.24, 2.45) is 23.7 Å². The van der Waals surface area contributed by atoms with E-state index in [0.717, 1.165) is 30.4 Å². The molecule has 30 heavy (non-hydrogen) atoms. The average molecular weight is 402 g/mol. The lowest BCUT2D eigenvalue weighted by atomic mass is 9.81. The molecular formula is C25H26N2O3. The molecule has 3 aliphatic rings. The summed E-state index contributed by atoms with van der Waals surface area (Å²) < 4.78 is 0. The molecule has 0 aromatic heterocycles. The molecule has 5 atom stereocenters. The molecule has 0 radical (unpaired) electrons. The van der Waals surface area contributed by atoms with Crippen LogP contribution < -0.4 is 5.32 Å². The summed E-state index contributed by atoms with van der Waals surface area (Å²) in [7, 11) is 0. The molecule has 2 aliphatic carbocycles. The van der Waals surface area contributed by atoms with Crippen molar-refractivity contribution >= 4 is 23.4 Å². The number of aryl methyl sites for hydroxylation is 1. The van der Waals surface area contributed by atoms with Gasteiger partial charge in [0.05, 0.1) is 11.8 Å². The number of hydrogen-bond donors (Lipinski definition) is 1. The Morgan fingerprint density at radius 3 is 2.30 bits per heavy atom. The summed E-state index contributed by atoms with van der Waals surface area (Å²) in [6, 6.07) is 16.3. The molecule has 5 heteroatoms. The van der Waals surface area contributed by atoms with E-state index in [1.807, 2.05) is 61.5 Å². The predicted molar refractivity (Wildman–Crippen MR) is 113 cm³/mol. The van der Waals surface area contributed by atoms with E-state index in [2.05, 4.69) is 5.32 Å². The van der Waals surface area contributed by atoms with Gasteiger partial charge in [-0.05, 0) is 61.3 Å². The Morgan fingerprint density at radius 1 is 1.00 bits per heavy atom. The van der Waals surface area contributed by atoms with Crippen LogP contribution in [0.5, 0.6) is 0 Å². The minimum Gasteiger partial charge on any atom is -0.324 e. The van der Waals surface area contributed by atoms with Crippen molar-refractivity contribution in [1.29, 1.82) is 0 Å². The van der Waals surface area contributed by atoms with Gasteiger partial charge < -0.3 is 5.32 Å². The van der Waals surface area contributed by atoms with E-state index in [0.29, 0.717) is 23.9 Å². The minimum atomic E-state index is -0.835. The topological polar surface area (TPSA) is 66.5 Å². The van der Waals surface area contributed by atoms with Gasteiger partial charge in [-0.2, -0.15) is 0 Å². The number of carbonyl (C=O) groups is 3. The third kappa shape index (κ3) is 3.13. The number of hydrogen-bond acceptors (Lipinski definition) is 3. The average Bonchev–Trinajstić information content (AvgIpc) is 3.41. The number of nitrogens with zero attached hydrogens (tertiary/aromatic N) is 1. The largest absolute Gasteiger partial charge is 0.324 e. The maximum Gasteiger partial charge on any atom is 0.248 e. The molecule has 1 saturated heterocycles. The number of likely N-dealkylation sites (tertiary alicyclic amines) is 1. The molecule has 5 nitrogen and oxygen atoms in total. The van der Waals surface area contributed by atoms with Crippen molar-refractivity contribution in [2.75, 3.05) is 5.32 Å². The summed E-state index contributed by atoms with van der Waals surface area (Å²) in [6.07, 6.45) is 3.36. The molecule has 154 valence electrons. The first kappa shape index (κ1) is 19.0. The van der Waals surface area contributed by atoms with Gasteiger partial charge in [0.1, 0.15) is 6.04 Å². The van der Waals surface area contributed by atoms with E-state index in [1.54, 1.807) is 0 Å². The van der Waals surface area contributed by atoms with Crippen molar-refractivity contribution in [2.45, 2.75) is 38.6 Å². The lowest BCUT2D eigenvalue weighted by Gasteiger charge is -2.27. The first-order valence-electron chi connectivity index (χ1n) is 10.8. The van der Waals surface area contributed by atoms with Crippen molar-refractivity contribution < 1.29 is 14.4 Å². The molecular weight excluding hydrogens is 376 g/mol. The van der Waals surface area contributed by atoms with Crippen molar-refractivity contribution in [1.82, 2.24) is 4.90 Å². The zero-order chi connectivity index (χ0) is 20.8. The number of anilines is 1. The van der Waals surface area contributed by atoms with Crippen LogP contribution in [-0.4, -0.2) is 28.7 Å². The maximum absolute atomic E-state index is 13.4. The highest BCUT2D eigenvalue weighted by Gasteiger charge is 2.62. The number of imide groups is 1. The monoisotopic (exact) mass is 402 g/mol. The van der Waals surface area contributed by atoms with Crippen LogP contribution in [-0.2, 0) is 20.8 Å². The third-order valence-electron chi connectivity index (χ3n) is 7.13. The summed E-state index contributed by atoms with van der Waals surface area (Å²) in [5.41, 5.74) is 2.65. The van der Waals surface area contributed by atoms with Crippen LogP contribution >= 0.6 is 0 Å². The Kier molecular flexibility index (Phi) is 4.69. The molecule has 5 unspecified atom stereocenters. The Morgan fingerprint density at radius 2 is 1.67 bits per heavy atom. The lowest BCUT2D eigenvalue weighted by Crippen LogP contribution is -2.49. The van der Waals surface area contributed by atoms with Gasteiger partial charge in [0.15, 0.2) is 0 Å². The van der Waals surface area contributed by atoms with Gasteiger partial charge in [0.2, 0.25) is 17.7 Å². The molecule has 1 N–H and O–H groups in total. The molecule has 3 fully saturated rings. The van der Waals surface area contributed by atoms with E-state index in [-0.39, 0.29) is 29.6 Å². The van der Waals surface area contributed by atoms with Gasteiger partial charge in [-0.25, -0.2) is 0 Å². The molecule has 2 aromatic carbocycles. The minimum absolute atomic E-state index is 0.141. The number of amides is 3. The highest BCUT2D eigenvalue weighted by molar-refractivity contribution is 6.10. The second kappa shape index (κ2) is 7.38. The fraction of sp³-hybridized carbons (Fsp3) is 0.400. The van der Waals surface area contributed by atoms with Crippen molar-refractivity contribution in [3.05, 3.63) is 65.7 Å². The molecule has 2 bridgehead atoms. The van der Waals surface area contributed by atoms with Crippen LogP contribution in [0.25, 0.3) is 0 Å². The molecule has 3 amide bonds. The normalized spacial score (nSPS) is 28.0. The van der Waals surface area contributed by atoms with Gasteiger partial charge in [0.25, 0.3) is 0 Å². The number of carbonyl (C=O) groups excluding carboxylic acids is 3. The van der Waals surface area contributed by atoms with E-state index in [9.17, 15) is 14.4 Å². The fourth-order valence-electron chi connectivity index (χ4n) is 5.83. The summed E-state index contributed by atoms with van der Waals surface area (Å²) in [5.74, 6) is -0.423. The highest BCUT2D eigenvalue weighted by Crippen LogP contribution is 2.56. The van der Waals surface area contributed by atoms with Crippen LogP contribution in [0, 0.1) is 30.6 Å². The van der Waals surface area contributed by atoms with Crippen LogP contribution in [0.3, 0.4) is 0 Å². The Labute approximate surface area is 176 Å².